The molecular weight excluding hydrogens is 268 g/mol. The molecule has 0 aromatic rings. The second kappa shape index (κ2) is 6.22. The first-order chi connectivity index (χ1) is 9.23. The van der Waals surface area contributed by atoms with Crippen LogP contribution < -0.4 is 11.5 Å². The molecule has 0 spiro atoms. The Labute approximate surface area is 115 Å². The summed E-state index contributed by atoms with van der Waals surface area (Å²) in [5.74, 6) is -2.95. The Bertz CT molecular complexity index is 423. The maximum Gasteiger partial charge on any atom is 0.326 e. The fourth-order valence-electron chi connectivity index (χ4n) is 2.29. The third kappa shape index (κ3) is 3.59. The molecule has 4 amide bonds. The molecule has 0 bridgehead atoms. The van der Waals surface area contributed by atoms with E-state index >= 15 is 0 Å². The van der Waals surface area contributed by atoms with Gasteiger partial charge in [0, 0.05) is 6.54 Å². The van der Waals surface area contributed by atoms with E-state index in [2.05, 4.69) is 0 Å². The van der Waals surface area contributed by atoms with Crippen molar-refractivity contribution in [1.29, 1.82) is 0 Å². The first-order valence-electron chi connectivity index (χ1n) is 6.09. The van der Waals surface area contributed by atoms with Crippen LogP contribution in [-0.2, 0) is 14.4 Å². The number of carboxylic acids is 1. The summed E-state index contributed by atoms with van der Waals surface area (Å²) in [5, 5.41) is 9.15. The van der Waals surface area contributed by atoms with Crippen molar-refractivity contribution in [3.8, 4) is 0 Å². The summed E-state index contributed by atoms with van der Waals surface area (Å²) in [6.45, 7) is 0.988. The van der Waals surface area contributed by atoms with E-state index in [0.29, 0.717) is 6.42 Å². The predicted molar refractivity (Wildman–Crippen MR) is 67.3 cm³/mol. The first kappa shape index (κ1) is 15.7. The van der Waals surface area contributed by atoms with Gasteiger partial charge in [0.15, 0.2) is 0 Å². The number of rotatable bonds is 5. The van der Waals surface area contributed by atoms with Crippen molar-refractivity contribution in [2.45, 2.75) is 19.4 Å². The molecule has 9 nitrogen and oxygen atoms in total. The molecule has 1 saturated heterocycles. The van der Waals surface area contributed by atoms with E-state index in [0.717, 1.165) is 9.80 Å². The van der Waals surface area contributed by atoms with E-state index in [1.165, 1.54) is 0 Å². The quantitative estimate of drug-likeness (QED) is 0.544. The molecule has 1 heterocycles. The van der Waals surface area contributed by atoms with Gasteiger partial charge in [-0.2, -0.15) is 0 Å². The number of primary amides is 2. The van der Waals surface area contributed by atoms with E-state index < -0.39 is 42.9 Å². The van der Waals surface area contributed by atoms with E-state index in [-0.39, 0.29) is 12.5 Å². The molecule has 5 N–H and O–H groups in total. The SMILES string of the molecule is CC1CCN(C(=O)N(CC(N)=O)CC(N)=O)C1C(=O)O. The molecule has 112 valence electrons. The van der Waals surface area contributed by atoms with Crippen molar-refractivity contribution in [3.63, 3.8) is 0 Å². The highest BCUT2D eigenvalue weighted by Crippen LogP contribution is 2.25. The third-order valence-electron chi connectivity index (χ3n) is 3.16. The van der Waals surface area contributed by atoms with E-state index in [1.54, 1.807) is 6.92 Å². The van der Waals surface area contributed by atoms with Crippen LogP contribution in [0.1, 0.15) is 13.3 Å². The lowest BCUT2D eigenvalue weighted by molar-refractivity contribution is -0.142. The second-order valence-corrected chi connectivity index (χ2v) is 4.81. The van der Waals surface area contributed by atoms with Crippen molar-refractivity contribution >= 4 is 23.8 Å². The van der Waals surface area contributed by atoms with Gasteiger partial charge in [-0.1, -0.05) is 6.92 Å². The van der Waals surface area contributed by atoms with Crippen LogP contribution in [0.5, 0.6) is 0 Å². The lowest BCUT2D eigenvalue weighted by atomic mass is 10.0. The number of nitrogens with zero attached hydrogens (tertiary/aromatic N) is 2. The second-order valence-electron chi connectivity index (χ2n) is 4.81. The molecule has 0 saturated carbocycles. The molecule has 0 aromatic carbocycles. The van der Waals surface area contributed by atoms with E-state index in [9.17, 15) is 19.2 Å². The van der Waals surface area contributed by atoms with Gasteiger partial charge in [0.25, 0.3) is 0 Å². The Morgan fingerprint density at radius 2 is 1.70 bits per heavy atom. The molecular formula is C11H18N4O5. The van der Waals surface area contributed by atoms with E-state index in [4.69, 9.17) is 16.6 Å². The van der Waals surface area contributed by atoms with Gasteiger partial charge in [0.1, 0.15) is 19.1 Å². The summed E-state index contributed by atoms with van der Waals surface area (Å²) in [7, 11) is 0. The van der Waals surface area contributed by atoms with Gasteiger partial charge in [-0.15, -0.1) is 0 Å². The van der Waals surface area contributed by atoms with Gasteiger partial charge in [0.05, 0.1) is 0 Å². The smallest absolute Gasteiger partial charge is 0.326 e. The van der Waals surface area contributed by atoms with Gasteiger partial charge in [0.2, 0.25) is 11.8 Å². The summed E-state index contributed by atoms with van der Waals surface area (Å²) in [6, 6.07) is -1.70. The normalized spacial score (nSPS) is 21.6. The lowest BCUT2D eigenvalue weighted by Crippen LogP contribution is -2.53. The average Bonchev–Trinajstić information content (AvgIpc) is 2.68. The highest BCUT2D eigenvalue weighted by atomic mass is 16.4. The standard InChI is InChI=1S/C11H18N4O5/c1-6-2-3-15(9(6)10(18)19)11(20)14(4-7(12)16)5-8(13)17/h6,9H,2-5H2,1H3,(H2,12,16)(H2,13,17)(H,18,19). The highest BCUT2D eigenvalue weighted by Gasteiger charge is 2.41. The number of carboxylic acid groups (broad SMARTS) is 1. The van der Waals surface area contributed by atoms with Gasteiger partial charge in [-0.05, 0) is 12.3 Å². The average molecular weight is 286 g/mol. The molecule has 1 aliphatic rings. The van der Waals surface area contributed by atoms with Gasteiger partial charge in [-0.25, -0.2) is 9.59 Å². The summed E-state index contributed by atoms with van der Waals surface area (Å²) < 4.78 is 0. The van der Waals surface area contributed by atoms with Crippen LogP contribution in [-0.4, -0.2) is 64.4 Å². The minimum absolute atomic E-state index is 0.208. The van der Waals surface area contributed by atoms with Crippen molar-refractivity contribution < 1.29 is 24.3 Å². The minimum atomic E-state index is -1.12. The first-order valence-corrected chi connectivity index (χ1v) is 6.09. The van der Waals surface area contributed by atoms with Crippen LogP contribution in [0.25, 0.3) is 0 Å². The number of urea groups is 1. The molecule has 20 heavy (non-hydrogen) atoms. The zero-order chi connectivity index (χ0) is 15.4. The Kier molecular flexibility index (Phi) is 4.89. The largest absolute Gasteiger partial charge is 0.480 e. The fraction of sp³-hybridized carbons (Fsp3) is 0.636. The number of nitrogens with two attached hydrogens (primary N) is 2. The monoisotopic (exact) mass is 286 g/mol. The van der Waals surface area contributed by atoms with Crippen LogP contribution in [0.3, 0.4) is 0 Å². The fourth-order valence-corrected chi connectivity index (χ4v) is 2.29. The van der Waals surface area contributed by atoms with E-state index in [1.807, 2.05) is 0 Å². The van der Waals surface area contributed by atoms with Crippen LogP contribution in [0.2, 0.25) is 0 Å². The molecule has 9 heteroatoms. The summed E-state index contributed by atoms with van der Waals surface area (Å²) in [5.41, 5.74) is 10.0. The molecule has 0 aromatic heterocycles. The number of carbonyl (C=O) groups excluding carboxylic acids is 3. The number of hydrogen-bond donors (Lipinski definition) is 3. The molecule has 1 fully saturated rings. The van der Waals surface area contributed by atoms with Crippen LogP contribution in [0.4, 0.5) is 4.79 Å². The van der Waals surface area contributed by atoms with Crippen molar-refractivity contribution in [2.24, 2.45) is 17.4 Å². The van der Waals surface area contributed by atoms with Crippen LogP contribution in [0, 0.1) is 5.92 Å². The number of hydrogen-bond acceptors (Lipinski definition) is 4. The zero-order valence-corrected chi connectivity index (χ0v) is 11.1. The maximum absolute atomic E-state index is 12.2. The summed E-state index contributed by atoms with van der Waals surface area (Å²) in [4.78, 5) is 47.3. The molecule has 1 rings (SSSR count). The maximum atomic E-state index is 12.2. The van der Waals surface area contributed by atoms with Crippen LogP contribution >= 0.6 is 0 Å². The Morgan fingerprint density at radius 1 is 1.20 bits per heavy atom. The molecule has 2 unspecified atom stereocenters. The molecule has 1 aliphatic heterocycles. The topological polar surface area (TPSA) is 147 Å². The molecule has 0 radical (unpaired) electrons. The predicted octanol–water partition coefficient (Wildman–Crippen LogP) is -1.83. The van der Waals surface area contributed by atoms with Gasteiger partial charge in [-0.3, -0.25) is 9.59 Å². The Morgan fingerprint density at radius 3 is 2.10 bits per heavy atom. The number of carbonyl (C=O) groups is 4. The summed E-state index contributed by atoms with van der Waals surface area (Å²) >= 11 is 0. The third-order valence-corrected chi connectivity index (χ3v) is 3.16. The minimum Gasteiger partial charge on any atom is -0.480 e. The lowest BCUT2D eigenvalue weighted by Gasteiger charge is -2.29. The van der Waals surface area contributed by atoms with Gasteiger partial charge >= 0.3 is 12.0 Å². The van der Waals surface area contributed by atoms with Crippen molar-refractivity contribution in [2.75, 3.05) is 19.6 Å². The van der Waals surface area contributed by atoms with Crippen LogP contribution in [0.15, 0.2) is 0 Å². The summed E-state index contributed by atoms with van der Waals surface area (Å²) in [6.07, 6.45) is 0.531. The highest BCUT2D eigenvalue weighted by molar-refractivity contribution is 5.89. The molecule has 2 atom stereocenters. The zero-order valence-electron chi connectivity index (χ0n) is 11.1. The molecule has 0 aliphatic carbocycles. The van der Waals surface area contributed by atoms with Crippen molar-refractivity contribution in [3.05, 3.63) is 0 Å². The van der Waals surface area contributed by atoms with Crippen molar-refractivity contribution in [1.82, 2.24) is 9.80 Å². The number of aliphatic carboxylic acids is 1. The Balaban J connectivity index is 2.90. The number of amides is 4. The number of likely N-dealkylation sites (tertiary alicyclic amines) is 1. The van der Waals surface area contributed by atoms with Gasteiger partial charge < -0.3 is 26.4 Å². The Hall–Kier alpha value is -2.32.